The maximum absolute atomic E-state index is 14.3. The molecular weight excluding hydrogens is 349 g/mol. The highest BCUT2D eigenvalue weighted by Crippen LogP contribution is 2.17. The van der Waals surface area contributed by atoms with Crippen molar-refractivity contribution in [1.82, 2.24) is 25.5 Å². The van der Waals surface area contributed by atoms with Gasteiger partial charge in [-0.05, 0) is 39.7 Å². The van der Waals surface area contributed by atoms with Crippen molar-refractivity contribution >= 4 is 23.0 Å². The van der Waals surface area contributed by atoms with Crippen LogP contribution in [0.15, 0.2) is 24.5 Å². The van der Waals surface area contributed by atoms with Gasteiger partial charge in [0, 0.05) is 43.1 Å². The van der Waals surface area contributed by atoms with E-state index in [0.717, 1.165) is 0 Å². The predicted octanol–water partition coefficient (Wildman–Crippen LogP) is 2.47. The number of likely N-dealkylation sites (tertiary alicyclic amines) is 1. The number of piperidine rings is 1. The third-order valence-corrected chi connectivity index (χ3v) is 4.40. The van der Waals surface area contributed by atoms with Crippen LogP contribution in [0.3, 0.4) is 0 Å². The van der Waals surface area contributed by atoms with Gasteiger partial charge < -0.3 is 15.5 Å². The second kappa shape index (κ2) is 7.46. The first kappa shape index (κ1) is 19.0. The number of nitrogens with one attached hydrogen (secondary N) is 2. The van der Waals surface area contributed by atoms with Crippen LogP contribution in [0.4, 0.5) is 9.18 Å². The van der Waals surface area contributed by atoms with E-state index in [1.807, 2.05) is 20.8 Å². The molecule has 2 heterocycles. The smallest absolute Gasteiger partial charge is 0.317 e. The van der Waals surface area contributed by atoms with Gasteiger partial charge in [-0.1, -0.05) is 0 Å². The van der Waals surface area contributed by atoms with E-state index in [4.69, 9.17) is 0 Å². The monoisotopic (exact) mass is 373 g/mol. The molecule has 7 nitrogen and oxygen atoms in total. The van der Waals surface area contributed by atoms with Gasteiger partial charge in [0.1, 0.15) is 5.82 Å². The minimum Gasteiger partial charge on any atom is -0.349 e. The molecule has 0 saturated carbocycles. The molecule has 0 unspecified atom stereocenters. The lowest BCUT2D eigenvalue weighted by molar-refractivity contribution is 0.0913. The second-order valence-electron chi connectivity index (χ2n) is 7.79. The topological polar surface area (TPSA) is 87.2 Å². The van der Waals surface area contributed by atoms with Crippen LogP contribution in [-0.2, 0) is 0 Å². The quantitative estimate of drug-likeness (QED) is 0.847. The molecule has 1 aliphatic rings. The molecule has 0 bridgehead atoms. The van der Waals surface area contributed by atoms with Crippen molar-refractivity contribution in [3.63, 3.8) is 0 Å². The van der Waals surface area contributed by atoms with Gasteiger partial charge in [-0.25, -0.2) is 9.18 Å². The van der Waals surface area contributed by atoms with E-state index in [2.05, 4.69) is 20.6 Å². The number of urea groups is 1. The summed E-state index contributed by atoms with van der Waals surface area (Å²) in [6.07, 6.45) is 4.22. The molecule has 1 aliphatic heterocycles. The van der Waals surface area contributed by atoms with Crippen LogP contribution in [0.1, 0.15) is 44.0 Å². The van der Waals surface area contributed by atoms with Crippen molar-refractivity contribution in [2.75, 3.05) is 13.1 Å². The lowest BCUT2D eigenvalue weighted by Crippen LogP contribution is -2.53. The third-order valence-electron chi connectivity index (χ3n) is 4.40. The van der Waals surface area contributed by atoms with Crippen molar-refractivity contribution < 1.29 is 14.0 Å². The Morgan fingerprint density at radius 2 is 1.70 bits per heavy atom. The highest BCUT2D eigenvalue weighted by molar-refractivity contribution is 5.97. The molecule has 1 aromatic heterocycles. The van der Waals surface area contributed by atoms with Crippen LogP contribution >= 0.6 is 0 Å². The summed E-state index contributed by atoms with van der Waals surface area (Å²) in [6.45, 7) is 6.87. The number of hydrogen-bond acceptors (Lipinski definition) is 4. The maximum atomic E-state index is 14.3. The Morgan fingerprint density at radius 1 is 1.11 bits per heavy atom. The lowest BCUT2D eigenvalue weighted by atomic mass is 10.0. The predicted molar refractivity (Wildman–Crippen MR) is 99.8 cm³/mol. The third kappa shape index (κ3) is 4.69. The number of carbonyl (C=O) groups excluding carboxylic acids is 2. The molecule has 3 rings (SSSR count). The molecule has 1 aromatic carbocycles. The summed E-state index contributed by atoms with van der Waals surface area (Å²) in [7, 11) is 0. The van der Waals surface area contributed by atoms with Gasteiger partial charge in [0.2, 0.25) is 0 Å². The Labute approximate surface area is 157 Å². The molecule has 0 radical (unpaired) electrons. The van der Waals surface area contributed by atoms with Crippen LogP contribution in [0, 0.1) is 5.82 Å². The van der Waals surface area contributed by atoms with Crippen molar-refractivity contribution in [3.8, 4) is 0 Å². The summed E-state index contributed by atoms with van der Waals surface area (Å²) in [6, 6.07) is 2.43. The number of rotatable bonds is 2. The first-order valence-electron chi connectivity index (χ1n) is 9.01. The molecule has 144 valence electrons. The van der Waals surface area contributed by atoms with Gasteiger partial charge in [-0.2, -0.15) is 0 Å². The Hall–Kier alpha value is -2.77. The highest BCUT2D eigenvalue weighted by Gasteiger charge is 2.26. The summed E-state index contributed by atoms with van der Waals surface area (Å²) in [5.74, 6) is -1.10. The summed E-state index contributed by atoms with van der Waals surface area (Å²) in [4.78, 5) is 34.6. The fraction of sp³-hybridized carbons (Fsp3) is 0.474. The Morgan fingerprint density at radius 3 is 2.30 bits per heavy atom. The Balaban J connectivity index is 1.60. The number of fused-ring (bicyclic) bond motifs is 1. The van der Waals surface area contributed by atoms with Crippen molar-refractivity contribution in [2.24, 2.45) is 0 Å². The minimum absolute atomic E-state index is 0.0455. The van der Waals surface area contributed by atoms with Gasteiger partial charge in [0.05, 0.1) is 16.6 Å². The minimum atomic E-state index is -0.623. The number of benzene rings is 1. The zero-order valence-corrected chi connectivity index (χ0v) is 15.8. The van der Waals surface area contributed by atoms with Crippen LogP contribution in [0.2, 0.25) is 0 Å². The molecule has 1 saturated heterocycles. The van der Waals surface area contributed by atoms with E-state index in [1.165, 1.54) is 24.5 Å². The zero-order valence-electron chi connectivity index (χ0n) is 15.8. The molecule has 8 heteroatoms. The fourth-order valence-electron chi connectivity index (χ4n) is 3.05. The fourth-order valence-corrected chi connectivity index (χ4v) is 3.05. The van der Waals surface area contributed by atoms with E-state index in [-0.39, 0.29) is 23.2 Å². The highest BCUT2D eigenvalue weighted by atomic mass is 19.1. The van der Waals surface area contributed by atoms with E-state index in [0.29, 0.717) is 37.0 Å². The van der Waals surface area contributed by atoms with Crippen LogP contribution in [0.5, 0.6) is 0 Å². The van der Waals surface area contributed by atoms with Crippen LogP contribution < -0.4 is 10.6 Å². The van der Waals surface area contributed by atoms with Crippen molar-refractivity contribution in [3.05, 3.63) is 35.9 Å². The lowest BCUT2D eigenvalue weighted by Gasteiger charge is -2.34. The summed E-state index contributed by atoms with van der Waals surface area (Å²) in [5.41, 5.74) is 0.539. The van der Waals surface area contributed by atoms with Crippen LogP contribution in [0.25, 0.3) is 11.0 Å². The number of amides is 3. The van der Waals surface area contributed by atoms with Crippen molar-refractivity contribution in [2.45, 2.75) is 45.2 Å². The standard InChI is InChI=1S/C19H24FN5O2/c1-19(2,3)24-18(27)25-8-4-12(5-9-25)23-17(26)13-10-15-16(11-14(13)20)22-7-6-21-15/h6-7,10-12H,4-5,8-9H2,1-3H3,(H,23,26)(H,24,27). The van der Waals surface area contributed by atoms with E-state index in [1.54, 1.807) is 4.90 Å². The molecule has 2 aromatic rings. The average molecular weight is 373 g/mol. The number of aromatic nitrogens is 2. The van der Waals surface area contributed by atoms with Gasteiger partial charge in [-0.15, -0.1) is 0 Å². The van der Waals surface area contributed by atoms with Gasteiger partial charge in [0.15, 0.2) is 0 Å². The average Bonchev–Trinajstić information content (AvgIpc) is 2.60. The zero-order chi connectivity index (χ0) is 19.6. The first-order chi connectivity index (χ1) is 12.7. The van der Waals surface area contributed by atoms with Crippen molar-refractivity contribution in [1.29, 1.82) is 0 Å². The van der Waals surface area contributed by atoms with E-state index >= 15 is 0 Å². The normalized spacial score (nSPS) is 15.6. The number of halogens is 1. The maximum Gasteiger partial charge on any atom is 0.317 e. The number of hydrogen-bond donors (Lipinski definition) is 2. The number of nitrogens with zero attached hydrogens (tertiary/aromatic N) is 3. The molecule has 0 aliphatic carbocycles. The molecule has 3 amide bonds. The SMILES string of the molecule is CC(C)(C)NC(=O)N1CCC(NC(=O)c2cc3nccnc3cc2F)CC1. The first-order valence-corrected chi connectivity index (χ1v) is 9.01. The summed E-state index contributed by atoms with van der Waals surface area (Å²) >= 11 is 0. The molecular formula is C19H24FN5O2. The van der Waals surface area contributed by atoms with Gasteiger partial charge >= 0.3 is 6.03 Å². The summed E-state index contributed by atoms with van der Waals surface area (Å²) in [5, 5.41) is 5.79. The molecule has 2 N–H and O–H groups in total. The molecule has 1 fully saturated rings. The molecule has 27 heavy (non-hydrogen) atoms. The van der Waals surface area contributed by atoms with Gasteiger partial charge in [-0.3, -0.25) is 14.8 Å². The largest absolute Gasteiger partial charge is 0.349 e. The summed E-state index contributed by atoms with van der Waals surface area (Å²) < 4.78 is 14.3. The number of carbonyl (C=O) groups is 2. The van der Waals surface area contributed by atoms with Crippen LogP contribution in [-0.4, -0.2) is 51.5 Å². The Bertz CT molecular complexity index is 857. The van der Waals surface area contributed by atoms with E-state index in [9.17, 15) is 14.0 Å². The molecule has 0 atom stereocenters. The molecule has 0 spiro atoms. The van der Waals surface area contributed by atoms with Gasteiger partial charge in [0.25, 0.3) is 5.91 Å². The Kier molecular flexibility index (Phi) is 5.25. The van der Waals surface area contributed by atoms with E-state index < -0.39 is 11.7 Å². The second-order valence-corrected chi connectivity index (χ2v) is 7.79.